The summed E-state index contributed by atoms with van der Waals surface area (Å²) in [4.78, 5) is 93.3. The van der Waals surface area contributed by atoms with Crippen LogP contribution in [0.4, 0.5) is 16.4 Å². The van der Waals surface area contributed by atoms with E-state index in [1.54, 1.807) is 92.8 Å². The Balaban J connectivity index is 1.25. The Morgan fingerprint density at radius 2 is 1.42 bits per heavy atom. The maximum atomic E-state index is 17.0. The largest absolute Gasteiger partial charge is 0.497 e. The van der Waals surface area contributed by atoms with Crippen LogP contribution in [0.2, 0.25) is 0 Å². The number of aliphatic hydroxyl groups excluding tert-OH is 1. The Kier molecular flexibility index (Phi) is 14.5. The highest BCUT2D eigenvalue weighted by atomic mass is 16.6. The summed E-state index contributed by atoms with van der Waals surface area (Å²) in [6.07, 6.45) is 2.33. The molecule has 0 radical (unpaired) electrons. The smallest absolute Gasteiger partial charge is 0.329 e. The Morgan fingerprint density at radius 1 is 0.763 bits per heavy atom. The lowest BCUT2D eigenvalue weighted by Crippen LogP contribution is -2.60. The number of rotatable bonds is 12. The molecule has 4 amide bonds. The van der Waals surface area contributed by atoms with Gasteiger partial charge in [-0.25, -0.2) is 24.5 Å². The molecule has 1 aromatic heterocycles. The van der Waals surface area contributed by atoms with Gasteiger partial charge in [0.25, 0.3) is 0 Å². The first kappa shape index (κ1) is 50.9. The van der Waals surface area contributed by atoms with Gasteiger partial charge in [-0.2, -0.15) is 0 Å². The monoisotopic (exact) mass is 1020 g/mol. The van der Waals surface area contributed by atoms with E-state index in [4.69, 9.17) is 18.9 Å². The second-order valence-corrected chi connectivity index (χ2v) is 19.3. The van der Waals surface area contributed by atoms with Crippen LogP contribution in [0.25, 0.3) is 0 Å². The lowest BCUT2D eigenvalue weighted by molar-refractivity contribution is -0.179. The highest BCUT2D eigenvalue weighted by Gasteiger charge is 2.76. The summed E-state index contributed by atoms with van der Waals surface area (Å²) in [6, 6.07) is 34.2. The number of benzene rings is 5. The number of anilines is 2. The van der Waals surface area contributed by atoms with Crippen molar-refractivity contribution in [1.29, 1.82) is 0 Å². The van der Waals surface area contributed by atoms with Crippen molar-refractivity contribution in [2.75, 3.05) is 63.4 Å². The number of nitrogens with zero attached hydrogens (tertiary/aromatic N) is 6. The van der Waals surface area contributed by atoms with E-state index in [9.17, 15) is 9.90 Å². The van der Waals surface area contributed by atoms with Crippen LogP contribution in [0.15, 0.2) is 146 Å². The minimum Gasteiger partial charge on any atom is -0.497 e. The molecule has 4 aliphatic heterocycles. The van der Waals surface area contributed by atoms with Gasteiger partial charge in [-0.15, -0.1) is 0 Å². The second kappa shape index (κ2) is 21.7. The number of carbonyl (C=O) groups is 5. The van der Waals surface area contributed by atoms with Gasteiger partial charge in [-0.1, -0.05) is 98.5 Å². The number of urea groups is 1. The molecule has 0 aliphatic carbocycles. The molecular weight excluding hydrogens is 967 g/mol. The first-order valence-electron chi connectivity index (χ1n) is 25.2. The summed E-state index contributed by atoms with van der Waals surface area (Å²) >= 11 is 0. The van der Waals surface area contributed by atoms with E-state index >= 15 is 19.2 Å². The summed E-state index contributed by atoms with van der Waals surface area (Å²) in [5, 5.41) is 12.7. The molecule has 7 unspecified atom stereocenters. The van der Waals surface area contributed by atoms with Crippen molar-refractivity contribution in [2.45, 2.75) is 49.5 Å². The fourth-order valence-electron chi connectivity index (χ4n) is 11.3. The maximum Gasteiger partial charge on any atom is 0.329 e. The molecule has 388 valence electrons. The van der Waals surface area contributed by atoms with E-state index in [1.807, 2.05) is 88.7 Å². The fraction of sp³-hybridized carbons (Fsp3) is 0.305. The SMILES string of the molecule is COC(=O)C(NC(=O)N1C(=O)C2(c3cc(C#Cc4ccc(OC)cc4)ccc31)C(C(=O)N1CCN(c3ncccn3)CC1)C1C(=O)OC(c3ccccc3)C(c3ccccc3)N1C2c1cccc(OCCO)c1)C(C)C. The van der Waals surface area contributed by atoms with Crippen LogP contribution < -0.4 is 24.6 Å². The molecule has 6 aromatic rings. The van der Waals surface area contributed by atoms with Gasteiger partial charge in [0.2, 0.25) is 17.8 Å². The maximum absolute atomic E-state index is 17.0. The summed E-state index contributed by atoms with van der Waals surface area (Å²) in [7, 11) is 2.79. The lowest BCUT2D eigenvalue weighted by atomic mass is 9.64. The molecule has 5 aromatic carbocycles. The standard InChI is InChI=1S/C59H57N7O10/c1-37(2)48(54(69)74-4)62-58(72)65-46-26-23-39(20-19-38-21-24-43(73-3)25-22-38)35-45(46)59(56(65)71)47(53(68)63-29-31-64(32-30-63)57-60-27-12-28-61-57)50-55(70)76-51(41-15-9-6-10-16-41)49(40-13-7-5-8-14-40)66(50)52(59)42-17-11-18-44(36-42)75-34-33-67/h5-18,21-28,35-37,47-52,67H,29-34H2,1-4H3,(H,62,72). The number of aliphatic hydroxyl groups is 1. The van der Waals surface area contributed by atoms with E-state index in [2.05, 4.69) is 27.1 Å². The summed E-state index contributed by atoms with van der Waals surface area (Å²) in [5.74, 6) is 3.13. The predicted octanol–water partition coefficient (Wildman–Crippen LogP) is 6.18. The molecule has 17 heteroatoms. The zero-order chi connectivity index (χ0) is 53.1. The van der Waals surface area contributed by atoms with Crippen molar-refractivity contribution in [1.82, 2.24) is 25.1 Å². The second-order valence-electron chi connectivity index (χ2n) is 19.3. The molecule has 7 atom stereocenters. The van der Waals surface area contributed by atoms with Crippen LogP contribution >= 0.6 is 0 Å². The van der Waals surface area contributed by atoms with Crippen molar-refractivity contribution in [2.24, 2.45) is 11.8 Å². The van der Waals surface area contributed by atoms with Crippen LogP contribution in [0.5, 0.6) is 11.5 Å². The van der Waals surface area contributed by atoms with E-state index in [-0.39, 0.29) is 37.6 Å². The third kappa shape index (κ3) is 9.24. The number of piperazine rings is 1. The summed E-state index contributed by atoms with van der Waals surface area (Å²) in [5.41, 5.74) is 1.21. The third-order valence-corrected chi connectivity index (χ3v) is 14.7. The molecule has 0 bridgehead atoms. The van der Waals surface area contributed by atoms with Gasteiger partial charge in [0.15, 0.2) is 0 Å². The van der Waals surface area contributed by atoms with E-state index in [0.717, 1.165) is 10.5 Å². The topological polar surface area (TPSA) is 193 Å². The first-order valence-corrected chi connectivity index (χ1v) is 25.2. The number of imide groups is 1. The molecule has 10 rings (SSSR count). The van der Waals surface area contributed by atoms with Crippen LogP contribution in [-0.4, -0.2) is 120 Å². The quantitative estimate of drug-likeness (QED) is 0.104. The molecule has 3 fully saturated rings. The van der Waals surface area contributed by atoms with Crippen LogP contribution in [0.3, 0.4) is 0 Å². The third-order valence-electron chi connectivity index (χ3n) is 14.7. The van der Waals surface area contributed by atoms with Crippen LogP contribution in [0.1, 0.15) is 65.4 Å². The number of amides is 4. The van der Waals surface area contributed by atoms with Crippen molar-refractivity contribution < 1.29 is 48.0 Å². The number of nitrogens with one attached hydrogen (secondary N) is 1. The van der Waals surface area contributed by atoms with Gasteiger partial charge >= 0.3 is 18.0 Å². The fourth-order valence-corrected chi connectivity index (χ4v) is 11.3. The number of fused-ring (bicyclic) bond motifs is 3. The first-order chi connectivity index (χ1) is 37.0. The minimum atomic E-state index is -2.13. The van der Waals surface area contributed by atoms with Crippen molar-refractivity contribution >= 4 is 41.4 Å². The molecular formula is C59H57N7O10. The van der Waals surface area contributed by atoms with Crippen LogP contribution in [-0.2, 0) is 34.1 Å². The van der Waals surface area contributed by atoms with Gasteiger partial charge < -0.3 is 39.2 Å². The molecule has 76 heavy (non-hydrogen) atoms. The van der Waals surface area contributed by atoms with E-state index in [0.29, 0.717) is 52.8 Å². The van der Waals surface area contributed by atoms with Crippen molar-refractivity contribution in [3.05, 3.63) is 179 Å². The molecule has 5 heterocycles. The predicted molar refractivity (Wildman–Crippen MR) is 280 cm³/mol. The van der Waals surface area contributed by atoms with Gasteiger partial charge in [0, 0.05) is 49.7 Å². The van der Waals surface area contributed by atoms with Gasteiger partial charge in [0.05, 0.1) is 44.5 Å². The zero-order valence-electron chi connectivity index (χ0n) is 42.4. The molecule has 0 saturated carbocycles. The average molecular weight is 1020 g/mol. The number of hydrogen-bond donors (Lipinski definition) is 2. The number of aromatic nitrogens is 2. The molecule has 1 spiro atoms. The van der Waals surface area contributed by atoms with Gasteiger partial charge in [0.1, 0.15) is 41.7 Å². The van der Waals surface area contributed by atoms with E-state index in [1.165, 1.54) is 7.11 Å². The highest BCUT2D eigenvalue weighted by molar-refractivity contribution is 6.25. The number of carbonyl (C=O) groups excluding carboxylic acids is 5. The Labute approximate surface area is 440 Å². The normalized spacial score (nSPS) is 22.2. The highest BCUT2D eigenvalue weighted by Crippen LogP contribution is 2.66. The Morgan fingerprint density at radius 3 is 2.08 bits per heavy atom. The van der Waals surface area contributed by atoms with Crippen molar-refractivity contribution in [3.8, 4) is 23.3 Å². The molecule has 4 aliphatic rings. The van der Waals surface area contributed by atoms with Crippen LogP contribution in [0, 0.1) is 23.7 Å². The Hall–Kier alpha value is -8.59. The molecule has 3 saturated heterocycles. The summed E-state index contributed by atoms with van der Waals surface area (Å²) < 4.78 is 23.3. The molecule has 2 N–H and O–H groups in total. The van der Waals surface area contributed by atoms with Crippen molar-refractivity contribution in [3.63, 3.8) is 0 Å². The lowest BCUT2D eigenvalue weighted by Gasteiger charge is -2.46. The minimum absolute atomic E-state index is 0.0507. The number of ether oxygens (including phenoxy) is 4. The number of cyclic esters (lactones) is 1. The number of morpholine rings is 1. The van der Waals surface area contributed by atoms with Gasteiger partial charge in [-0.05, 0) is 88.8 Å². The van der Waals surface area contributed by atoms with E-state index < -0.39 is 77.3 Å². The van der Waals surface area contributed by atoms with Gasteiger partial charge in [-0.3, -0.25) is 19.3 Å². The zero-order valence-corrected chi connectivity index (χ0v) is 42.4. The summed E-state index contributed by atoms with van der Waals surface area (Å²) in [6.45, 7) is 4.15. The number of hydrogen-bond acceptors (Lipinski definition) is 14. The average Bonchev–Trinajstić information content (AvgIpc) is 3.97. The number of esters is 2. The number of methoxy groups -OCH3 is 2. The Bertz CT molecular complexity index is 3180. The molecule has 17 nitrogen and oxygen atoms in total.